The van der Waals surface area contributed by atoms with E-state index in [-0.39, 0.29) is 0 Å². The lowest BCUT2D eigenvalue weighted by Crippen LogP contribution is -2.01. The van der Waals surface area contributed by atoms with Crippen molar-refractivity contribution in [3.8, 4) is 0 Å². The third-order valence-corrected chi connectivity index (χ3v) is 3.99. The van der Waals surface area contributed by atoms with Crippen molar-refractivity contribution in [3.05, 3.63) is 47.5 Å². The van der Waals surface area contributed by atoms with E-state index in [4.69, 9.17) is 0 Å². The molecule has 0 radical (unpaired) electrons. The van der Waals surface area contributed by atoms with E-state index in [1.807, 2.05) is 11.8 Å². The molecule has 0 spiro atoms. The summed E-state index contributed by atoms with van der Waals surface area (Å²) in [6.45, 7) is 4.27. The molecule has 0 fully saturated rings. The van der Waals surface area contributed by atoms with Crippen molar-refractivity contribution in [2.24, 2.45) is 0 Å². The number of hydrogen-bond acceptors (Lipinski definition) is 2. The van der Waals surface area contributed by atoms with Gasteiger partial charge in [0.15, 0.2) is 0 Å². The molecule has 1 N–H and O–H groups in total. The van der Waals surface area contributed by atoms with Crippen LogP contribution in [0.5, 0.6) is 0 Å². The van der Waals surface area contributed by atoms with Crippen molar-refractivity contribution in [1.82, 2.24) is 0 Å². The Labute approximate surface area is 99.9 Å². The van der Waals surface area contributed by atoms with Crippen LogP contribution in [0.1, 0.15) is 11.1 Å². The fourth-order valence-electron chi connectivity index (χ4n) is 1.97. The number of aryl methyl sites for hydroxylation is 2. The highest BCUT2D eigenvalue weighted by Crippen LogP contribution is 2.45. The number of para-hydroxylation sites is 1. The van der Waals surface area contributed by atoms with E-state index in [0.717, 1.165) is 0 Å². The third kappa shape index (κ3) is 1.50. The van der Waals surface area contributed by atoms with Gasteiger partial charge >= 0.3 is 0 Å². The first-order valence-electron chi connectivity index (χ1n) is 5.39. The molecule has 1 heterocycles. The summed E-state index contributed by atoms with van der Waals surface area (Å²) in [5.74, 6) is 0. The van der Waals surface area contributed by atoms with Crippen LogP contribution in [0.25, 0.3) is 0 Å². The summed E-state index contributed by atoms with van der Waals surface area (Å²) in [6, 6.07) is 13.0. The molecule has 80 valence electrons. The summed E-state index contributed by atoms with van der Waals surface area (Å²) in [6.07, 6.45) is 0. The lowest BCUT2D eigenvalue weighted by Gasteiger charge is -2.22. The molecule has 2 heteroatoms. The normalized spacial score (nSPS) is 12.6. The summed E-state index contributed by atoms with van der Waals surface area (Å²) in [5, 5.41) is 3.53. The SMILES string of the molecule is Cc1ccc2c(c1)Nc1c(C)cccc1S2. The largest absolute Gasteiger partial charge is 0.353 e. The number of nitrogens with one attached hydrogen (secondary N) is 1. The Morgan fingerprint density at radius 2 is 1.88 bits per heavy atom. The molecule has 16 heavy (non-hydrogen) atoms. The topological polar surface area (TPSA) is 12.0 Å². The van der Waals surface area contributed by atoms with Crippen LogP contribution >= 0.6 is 11.8 Å². The summed E-state index contributed by atoms with van der Waals surface area (Å²) >= 11 is 1.84. The van der Waals surface area contributed by atoms with Gasteiger partial charge in [-0.05, 0) is 43.2 Å². The minimum Gasteiger partial charge on any atom is -0.353 e. The Balaban J connectivity index is 2.13. The highest BCUT2D eigenvalue weighted by atomic mass is 32.2. The molecular formula is C14H13NS. The highest BCUT2D eigenvalue weighted by molar-refractivity contribution is 7.99. The van der Waals surface area contributed by atoms with Crippen LogP contribution in [-0.4, -0.2) is 0 Å². The second kappa shape index (κ2) is 3.56. The van der Waals surface area contributed by atoms with E-state index >= 15 is 0 Å². The smallest absolute Gasteiger partial charge is 0.0556 e. The van der Waals surface area contributed by atoms with Gasteiger partial charge in [0.25, 0.3) is 0 Å². The molecule has 1 aliphatic rings. The van der Waals surface area contributed by atoms with Crippen LogP contribution in [0.4, 0.5) is 11.4 Å². The summed E-state index contributed by atoms with van der Waals surface area (Å²) in [4.78, 5) is 2.63. The predicted octanol–water partition coefficient (Wildman–Crippen LogP) is 4.51. The maximum atomic E-state index is 3.53. The van der Waals surface area contributed by atoms with Crippen molar-refractivity contribution < 1.29 is 0 Å². The van der Waals surface area contributed by atoms with E-state index in [1.165, 1.54) is 32.3 Å². The first kappa shape index (κ1) is 9.79. The van der Waals surface area contributed by atoms with Crippen LogP contribution in [0.15, 0.2) is 46.2 Å². The zero-order chi connectivity index (χ0) is 11.1. The first-order chi connectivity index (χ1) is 7.74. The van der Waals surface area contributed by atoms with Crippen molar-refractivity contribution in [2.45, 2.75) is 23.6 Å². The average molecular weight is 227 g/mol. The van der Waals surface area contributed by atoms with E-state index in [9.17, 15) is 0 Å². The summed E-state index contributed by atoms with van der Waals surface area (Å²) in [7, 11) is 0. The molecular weight excluding hydrogens is 214 g/mol. The lowest BCUT2D eigenvalue weighted by atomic mass is 10.1. The van der Waals surface area contributed by atoms with Gasteiger partial charge in [-0.2, -0.15) is 0 Å². The van der Waals surface area contributed by atoms with Crippen LogP contribution in [0.3, 0.4) is 0 Å². The average Bonchev–Trinajstić information content (AvgIpc) is 2.28. The number of fused-ring (bicyclic) bond motifs is 2. The molecule has 0 amide bonds. The standard InChI is InChI=1S/C14H13NS/c1-9-6-7-12-11(8-9)15-14-10(2)4-3-5-13(14)16-12/h3-8,15H,1-2H3. The second-order valence-electron chi connectivity index (χ2n) is 4.17. The van der Waals surface area contributed by atoms with E-state index < -0.39 is 0 Å². The molecule has 0 unspecified atom stereocenters. The molecule has 0 atom stereocenters. The van der Waals surface area contributed by atoms with Gasteiger partial charge in [-0.15, -0.1) is 0 Å². The monoisotopic (exact) mass is 227 g/mol. The van der Waals surface area contributed by atoms with Gasteiger partial charge in [0.2, 0.25) is 0 Å². The van der Waals surface area contributed by atoms with Crippen LogP contribution < -0.4 is 5.32 Å². The number of rotatable bonds is 0. The summed E-state index contributed by atoms with van der Waals surface area (Å²) < 4.78 is 0. The molecule has 0 aliphatic carbocycles. The van der Waals surface area contributed by atoms with E-state index in [2.05, 4.69) is 55.6 Å². The second-order valence-corrected chi connectivity index (χ2v) is 5.26. The van der Waals surface area contributed by atoms with Crippen LogP contribution in [0, 0.1) is 13.8 Å². The molecule has 0 saturated carbocycles. The van der Waals surface area contributed by atoms with Gasteiger partial charge in [0.05, 0.1) is 11.4 Å². The Morgan fingerprint density at radius 3 is 2.75 bits per heavy atom. The van der Waals surface area contributed by atoms with Crippen molar-refractivity contribution in [1.29, 1.82) is 0 Å². The molecule has 0 saturated heterocycles. The van der Waals surface area contributed by atoms with Crippen molar-refractivity contribution in [2.75, 3.05) is 5.32 Å². The molecule has 0 bridgehead atoms. The molecule has 2 aromatic rings. The minimum absolute atomic E-state index is 1.23. The predicted molar refractivity (Wildman–Crippen MR) is 69.8 cm³/mol. The molecule has 2 aromatic carbocycles. The molecule has 1 aliphatic heterocycles. The Hall–Kier alpha value is -1.41. The van der Waals surface area contributed by atoms with Crippen molar-refractivity contribution in [3.63, 3.8) is 0 Å². The van der Waals surface area contributed by atoms with Crippen molar-refractivity contribution >= 4 is 23.1 Å². The lowest BCUT2D eigenvalue weighted by molar-refractivity contribution is 1.26. The van der Waals surface area contributed by atoms with Gasteiger partial charge in [-0.3, -0.25) is 0 Å². The van der Waals surface area contributed by atoms with Gasteiger partial charge in [0.1, 0.15) is 0 Å². The fourth-order valence-corrected chi connectivity index (χ4v) is 3.02. The van der Waals surface area contributed by atoms with Crippen LogP contribution in [0.2, 0.25) is 0 Å². The van der Waals surface area contributed by atoms with Gasteiger partial charge in [-0.1, -0.05) is 30.0 Å². The maximum Gasteiger partial charge on any atom is 0.0556 e. The Bertz CT molecular complexity index is 561. The number of benzene rings is 2. The van der Waals surface area contributed by atoms with Crippen LogP contribution in [-0.2, 0) is 0 Å². The van der Waals surface area contributed by atoms with Gasteiger partial charge in [-0.25, -0.2) is 0 Å². The number of hydrogen-bond donors (Lipinski definition) is 1. The molecule has 1 nitrogen and oxygen atoms in total. The molecule has 0 aromatic heterocycles. The number of anilines is 2. The van der Waals surface area contributed by atoms with E-state index in [0.29, 0.717) is 0 Å². The fraction of sp³-hybridized carbons (Fsp3) is 0.143. The molecule has 3 rings (SSSR count). The first-order valence-corrected chi connectivity index (χ1v) is 6.21. The Kier molecular flexibility index (Phi) is 2.18. The maximum absolute atomic E-state index is 3.53. The van der Waals surface area contributed by atoms with E-state index in [1.54, 1.807) is 0 Å². The minimum atomic E-state index is 1.23. The van der Waals surface area contributed by atoms with Gasteiger partial charge in [0, 0.05) is 9.79 Å². The zero-order valence-electron chi connectivity index (χ0n) is 9.37. The quantitative estimate of drug-likeness (QED) is 0.606. The highest BCUT2D eigenvalue weighted by Gasteiger charge is 2.16. The van der Waals surface area contributed by atoms with Gasteiger partial charge < -0.3 is 5.32 Å². The Morgan fingerprint density at radius 1 is 1.00 bits per heavy atom. The third-order valence-electron chi connectivity index (χ3n) is 2.85. The zero-order valence-corrected chi connectivity index (χ0v) is 10.2. The summed E-state index contributed by atoms with van der Waals surface area (Å²) in [5.41, 5.74) is 5.08.